The van der Waals surface area contributed by atoms with Gasteiger partial charge in [-0.2, -0.15) is 0 Å². The van der Waals surface area contributed by atoms with Crippen molar-refractivity contribution in [3.63, 3.8) is 0 Å². The number of carbonyl (C=O) groups excluding carboxylic acids is 2. The Kier molecular flexibility index (Phi) is 10.5. The molecule has 1 N–H and O–H groups in total. The van der Waals surface area contributed by atoms with Crippen molar-refractivity contribution in [1.29, 1.82) is 0 Å². The molecular formula is C35H38FN3O4S. The van der Waals surface area contributed by atoms with Gasteiger partial charge in [0.2, 0.25) is 11.8 Å². The smallest absolute Gasteiger partial charge is 0.264 e. The Bertz CT molecular complexity index is 1690. The van der Waals surface area contributed by atoms with Gasteiger partial charge in [-0.3, -0.25) is 13.9 Å². The zero-order valence-corrected chi connectivity index (χ0v) is 26.2. The van der Waals surface area contributed by atoms with Gasteiger partial charge >= 0.3 is 0 Å². The summed E-state index contributed by atoms with van der Waals surface area (Å²) in [6.45, 7) is 6.48. The van der Waals surface area contributed by atoms with Crippen LogP contribution < -0.4 is 9.62 Å². The number of halogens is 1. The average Bonchev–Trinajstić information content (AvgIpc) is 2.98. The van der Waals surface area contributed by atoms with Crippen molar-refractivity contribution in [1.82, 2.24) is 10.2 Å². The summed E-state index contributed by atoms with van der Waals surface area (Å²) >= 11 is 0. The molecular weight excluding hydrogens is 577 g/mol. The molecule has 0 radical (unpaired) electrons. The number of sulfonamides is 1. The Morgan fingerprint density at radius 3 is 2.11 bits per heavy atom. The lowest BCUT2D eigenvalue weighted by molar-refractivity contribution is -0.140. The highest BCUT2D eigenvalue weighted by atomic mass is 32.2. The van der Waals surface area contributed by atoms with E-state index in [0.717, 1.165) is 21.0 Å². The van der Waals surface area contributed by atoms with Gasteiger partial charge in [0.15, 0.2) is 0 Å². The molecule has 1 atom stereocenters. The van der Waals surface area contributed by atoms with Crippen molar-refractivity contribution < 1.29 is 22.4 Å². The number of aryl methyl sites for hydroxylation is 2. The van der Waals surface area contributed by atoms with Gasteiger partial charge < -0.3 is 10.2 Å². The van der Waals surface area contributed by atoms with Crippen molar-refractivity contribution in [2.24, 2.45) is 0 Å². The van der Waals surface area contributed by atoms with E-state index in [0.29, 0.717) is 5.69 Å². The largest absolute Gasteiger partial charge is 0.352 e. The number of rotatable bonds is 12. The van der Waals surface area contributed by atoms with E-state index in [4.69, 9.17) is 0 Å². The summed E-state index contributed by atoms with van der Waals surface area (Å²) in [5.74, 6) is -1.60. The maximum atomic E-state index is 15.0. The second-order valence-electron chi connectivity index (χ2n) is 11.1. The number of nitrogens with zero attached hydrogens (tertiary/aromatic N) is 2. The van der Waals surface area contributed by atoms with Gasteiger partial charge in [0, 0.05) is 24.6 Å². The zero-order chi connectivity index (χ0) is 31.9. The summed E-state index contributed by atoms with van der Waals surface area (Å²) in [6.07, 6.45) is 0.148. The van der Waals surface area contributed by atoms with E-state index in [1.807, 2.05) is 64.1 Å². The van der Waals surface area contributed by atoms with E-state index in [2.05, 4.69) is 5.32 Å². The number of nitrogens with one attached hydrogen (secondary N) is 1. The van der Waals surface area contributed by atoms with Crippen LogP contribution in [0.5, 0.6) is 0 Å². The number of anilines is 1. The third-order valence-corrected chi connectivity index (χ3v) is 8.97. The second kappa shape index (κ2) is 14.3. The topological polar surface area (TPSA) is 86.8 Å². The van der Waals surface area contributed by atoms with Crippen LogP contribution in [-0.2, 0) is 32.6 Å². The van der Waals surface area contributed by atoms with Crippen LogP contribution in [0.4, 0.5) is 10.1 Å². The minimum absolute atomic E-state index is 0.0245. The summed E-state index contributed by atoms with van der Waals surface area (Å²) in [6, 6.07) is 27.3. The molecule has 230 valence electrons. The summed E-state index contributed by atoms with van der Waals surface area (Å²) < 4.78 is 44.2. The number of hydrogen-bond acceptors (Lipinski definition) is 4. The molecule has 0 fully saturated rings. The monoisotopic (exact) mass is 615 g/mol. The molecule has 0 aliphatic heterocycles. The first kappa shape index (κ1) is 32.4. The third kappa shape index (κ3) is 8.11. The van der Waals surface area contributed by atoms with Crippen LogP contribution in [0.3, 0.4) is 0 Å². The number of hydrogen-bond donors (Lipinski definition) is 1. The van der Waals surface area contributed by atoms with Crippen molar-refractivity contribution in [2.45, 2.75) is 57.6 Å². The molecule has 1 unspecified atom stereocenters. The van der Waals surface area contributed by atoms with Crippen LogP contribution in [0.25, 0.3) is 0 Å². The maximum Gasteiger partial charge on any atom is 0.264 e. The molecule has 0 heterocycles. The highest BCUT2D eigenvalue weighted by Gasteiger charge is 2.35. The van der Waals surface area contributed by atoms with Crippen LogP contribution in [0.1, 0.15) is 36.1 Å². The van der Waals surface area contributed by atoms with Crippen LogP contribution >= 0.6 is 0 Å². The lowest BCUT2D eigenvalue weighted by Gasteiger charge is -2.34. The maximum absolute atomic E-state index is 15.0. The van der Waals surface area contributed by atoms with Crippen LogP contribution in [-0.4, -0.2) is 43.8 Å². The van der Waals surface area contributed by atoms with E-state index >= 15 is 0 Å². The van der Waals surface area contributed by atoms with Gasteiger partial charge in [0.05, 0.1) is 10.6 Å². The summed E-state index contributed by atoms with van der Waals surface area (Å²) in [5.41, 5.74) is 3.00. The summed E-state index contributed by atoms with van der Waals surface area (Å²) in [4.78, 5) is 29.4. The van der Waals surface area contributed by atoms with E-state index in [1.165, 1.54) is 23.1 Å². The fourth-order valence-corrected chi connectivity index (χ4v) is 6.30. The molecule has 4 aromatic rings. The number of carbonyl (C=O) groups is 2. The molecule has 4 rings (SSSR count). The number of benzene rings is 4. The molecule has 0 aliphatic carbocycles. The Morgan fingerprint density at radius 1 is 0.818 bits per heavy atom. The van der Waals surface area contributed by atoms with Crippen molar-refractivity contribution in [3.8, 4) is 0 Å². The summed E-state index contributed by atoms with van der Waals surface area (Å²) in [7, 11) is -4.21. The van der Waals surface area contributed by atoms with Gasteiger partial charge in [0.25, 0.3) is 10.0 Å². The fraction of sp³-hybridized carbons (Fsp3) is 0.257. The van der Waals surface area contributed by atoms with E-state index in [-0.39, 0.29) is 29.5 Å². The van der Waals surface area contributed by atoms with Crippen molar-refractivity contribution >= 4 is 27.5 Å². The average molecular weight is 616 g/mol. The zero-order valence-electron chi connectivity index (χ0n) is 25.4. The number of amides is 2. The molecule has 0 saturated carbocycles. The molecule has 0 saturated heterocycles. The van der Waals surface area contributed by atoms with E-state index in [1.54, 1.807) is 48.5 Å². The van der Waals surface area contributed by atoms with Gasteiger partial charge in [-0.25, -0.2) is 12.8 Å². The highest BCUT2D eigenvalue weighted by molar-refractivity contribution is 7.92. The van der Waals surface area contributed by atoms with E-state index in [9.17, 15) is 22.4 Å². The van der Waals surface area contributed by atoms with Gasteiger partial charge in [-0.05, 0) is 69.2 Å². The first-order valence-electron chi connectivity index (χ1n) is 14.5. The molecule has 0 spiro atoms. The van der Waals surface area contributed by atoms with Crippen LogP contribution in [0.2, 0.25) is 0 Å². The highest BCUT2D eigenvalue weighted by Crippen LogP contribution is 2.26. The SMILES string of the molecule is Cc1ccc(S(=O)(=O)N(CC(=O)N(Cc2ccccc2F)C(Cc2ccccc2)C(=O)NC(C)C)c2cccc(C)c2)cc1. The lowest BCUT2D eigenvalue weighted by Crippen LogP contribution is -2.54. The second-order valence-corrected chi connectivity index (χ2v) is 13.0. The molecule has 7 nitrogen and oxygen atoms in total. The predicted octanol–water partition coefficient (Wildman–Crippen LogP) is 5.80. The molecule has 0 bridgehead atoms. The quantitative estimate of drug-likeness (QED) is 0.218. The molecule has 0 aliphatic rings. The molecule has 0 aromatic heterocycles. The van der Waals surface area contributed by atoms with Crippen LogP contribution in [0.15, 0.2) is 108 Å². The standard InChI is InChI=1S/C35H38FN3O4S/c1-25(2)37-35(41)33(22-28-12-6-5-7-13-28)38(23-29-14-8-9-16-32(29)36)34(40)24-39(30-15-10-11-27(4)21-30)44(42,43)31-19-17-26(3)18-20-31/h5-21,25,33H,22-24H2,1-4H3,(H,37,41). The Labute approximate surface area is 259 Å². The molecule has 9 heteroatoms. The first-order chi connectivity index (χ1) is 21.0. The molecule has 4 aromatic carbocycles. The van der Waals surface area contributed by atoms with Crippen LogP contribution in [0, 0.1) is 19.7 Å². The fourth-order valence-electron chi connectivity index (χ4n) is 4.89. The van der Waals surface area contributed by atoms with Gasteiger partial charge in [0.1, 0.15) is 18.4 Å². The molecule has 44 heavy (non-hydrogen) atoms. The Morgan fingerprint density at radius 2 is 1.48 bits per heavy atom. The minimum atomic E-state index is -4.21. The first-order valence-corrected chi connectivity index (χ1v) is 15.9. The normalized spacial score (nSPS) is 12.0. The predicted molar refractivity (Wildman–Crippen MR) is 171 cm³/mol. The molecule has 2 amide bonds. The third-order valence-electron chi connectivity index (χ3n) is 7.18. The summed E-state index contributed by atoms with van der Waals surface area (Å²) in [5, 5.41) is 2.89. The lowest BCUT2D eigenvalue weighted by atomic mass is 10.0. The van der Waals surface area contributed by atoms with Crippen molar-refractivity contribution in [2.75, 3.05) is 10.8 Å². The van der Waals surface area contributed by atoms with Gasteiger partial charge in [-0.1, -0.05) is 78.4 Å². The Balaban J connectivity index is 1.82. The Hall–Kier alpha value is -4.50. The van der Waals surface area contributed by atoms with E-state index < -0.39 is 40.2 Å². The van der Waals surface area contributed by atoms with Gasteiger partial charge in [-0.15, -0.1) is 0 Å². The van der Waals surface area contributed by atoms with Crippen molar-refractivity contribution in [3.05, 3.63) is 131 Å². The minimum Gasteiger partial charge on any atom is -0.352 e.